The van der Waals surface area contributed by atoms with Gasteiger partial charge in [-0.25, -0.2) is 4.98 Å². The second-order valence-corrected chi connectivity index (χ2v) is 4.31. The second kappa shape index (κ2) is 7.01. The maximum Gasteiger partial charge on any atom is 0.138 e. The van der Waals surface area contributed by atoms with E-state index in [-0.39, 0.29) is 0 Å². The highest BCUT2D eigenvalue weighted by Crippen LogP contribution is 2.10. The Morgan fingerprint density at radius 3 is 3.06 bits per heavy atom. The van der Waals surface area contributed by atoms with Crippen LogP contribution in [0.25, 0.3) is 5.65 Å². The minimum Gasteiger partial charge on any atom is -0.381 e. The molecule has 2 heterocycles. The van der Waals surface area contributed by atoms with E-state index in [4.69, 9.17) is 4.74 Å². The fourth-order valence-electron chi connectivity index (χ4n) is 1.83. The number of fused-ring (bicyclic) bond motifs is 1. The maximum atomic E-state index is 5.53. The van der Waals surface area contributed by atoms with Crippen LogP contribution in [0.2, 0.25) is 0 Å². The molecule has 0 unspecified atom stereocenters. The zero-order valence-electron chi connectivity index (χ0n) is 10.9. The van der Waals surface area contributed by atoms with Crippen molar-refractivity contribution in [2.45, 2.75) is 26.2 Å². The summed E-state index contributed by atoms with van der Waals surface area (Å²) in [5, 5.41) is 3.41. The average Bonchev–Trinajstić information content (AvgIpc) is 2.86. The summed E-state index contributed by atoms with van der Waals surface area (Å²) in [4.78, 5) is 4.26. The highest BCUT2D eigenvalue weighted by atomic mass is 16.5. The fraction of sp³-hybridized carbons (Fsp3) is 0.500. The van der Waals surface area contributed by atoms with Gasteiger partial charge in [0.25, 0.3) is 0 Å². The topological polar surface area (TPSA) is 38.6 Å². The third-order valence-corrected chi connectivity index (χ3v) is 2.84. The monoisotopic (exact) mass is 247 g/mol. The van der Waals surface area contributed by atoms with Gasteiger partial charge in [-0.3, -0.25) is 4.40 Å². The molecule has 0 atom stereocenters. The standard InChI is InChI=1S/C14H21N3O/c1-2-3-11-18-12-5-8-15-13-6-4-7-14-16-9-10-17(13)14/h4,6-7,9-10,15H,2-3,5,8,11-12H2,1H3. The van der Waals surface area contributed by atoms with Crippen molar-refractivity contribution in [1.82, 2.24) is 9.38 Å². The summed E-state index contributed by atoms with van der Waals surface area (Å²) < 4.78 is 7.58. The lowest BCUT2D eigenvalue weighted by molar-refractivity contribution is 0.131. The summed E-state index contributed by atoms with van der Waals surface area (Å²) in [5.41, 5.74) is 0.971. The highest BCUT2D eigenvalue weighted by molar-refractivity contribution is 5.49. The molecule has 2 aromatic rings. The van der Waals surface area contributed by atoms with E-state index in [0.717, 1.165) is 44.1 Å². The van der Waals surface area contributed by atoms with Crippen molar-refractivity contribution in [3.63, 3.8) is 0 Å². The van der Waals surface area contributed by atoms with Crippen LogP contribution in [0, 0.1) is 0 Å². The number of nitrogens with one attached hydrogen (secondary N) is 1. The SMILES string of the molecule is CCCCOCCCNc1cccc2nccn12. The molecule has 0 amide bonds. The van der Waals surface area contributed by atoms with Crippen molar-refractivity contribution in [1.29, 1.82) is 0 Å². The number of nitrogens with zero attached hydrogens (tertiary/aromatic N) is 2. The van der Waals surface area contributed by atoms with Crippen molar-refractivity contribution in [3.8, 4) is 0 Å². The highest BCUT2D eigenvalue weighted by Gasteiger charge is 1.98. The molecule has 4 nitrogen and oxygen atoms in total. The van der Waals surface area contributed by atoms with Crippen LogP contribution < -0.4 is 5.32 Å². The van der Waals surface area contributed by atoms with E-state index in [2.05, 4.69) is 27.7 Å². The van der Waals surface area contributed by atoms with Crippen LogP contribution in [0.5, 0.6) is 0 Å². The Bertz CT molecular complexity index is 467. The van der Waals surface area contributed by atoms with Crippen LogP contribution in [-0.4, -0.2) is 29.1 Å². The molecule has 0 aliphatic heterocycles. The van der Waals surface area contributed by atoms with Gasteiger partial charge in [0.15, 0.2) is 0 Å². The number of imidazole rings is 1. The lowest BCUT2D eigenvalue weighted by Crippen LogP contribution is -2.08. The first-order valence-corrected chi connectivity index (χ1v) is 6.65. The molecule has 2 rings (SSSR count). The summed E-state index contributed by atoms with van der Waals surface area (Å²) in [6, 6.07) is 6.08. The molecule has 18 heavy (non-hydrogen) atoms. The molecule has 0 radical (unpaired) electrons. The van der Waals surface area contributed by atoms with Gasteiger partial charge < -0.3 is 10.1 Å². The maximum absolute atomic E-state index is 5.53. The van der Waals surface area contributed by atoms with Crippen molar-refractivity contribution in [2.24, 2.45) is 0 Å². The van der Waals surface area contributed by atoms with Gasteiger partial charge in [-0.05, 0) is 25.0 Å². The summed E-state index contributed by atoms with van der Waals surface area (Å²) in [7, 11) is 0. The molecule has 0 saturated carbocycles. The van der Waals surface area contributed by atoms with E-state index in [1.807, 2.05) is 24.5 Å². The van der Waals surface area contributed by atoms with Gasteiger partial charge in [0, 0.05) is 32.2 Å². The average molecular weight is 247 g/mol. The largest absolute Gasteiger partial charge is 0.381 e. The molecule has 98 valence electrons. The van der Waals surface area contributed by atoms with E-state index in [0.29, 0.717) is 0 Å². The first-order chi connectivity index (χ1) is 8.92. The predicted octanol–water partition coefficient (Wildman–Crippen LogP) is 2.95. The van der Waals surface area contributed by atoms with Crippen LogP contribution >= 0.6 is 0 Å². The Morgan fingerprint density at radius 2 is 2.17 bits per heavy atom. The molecule has 0 saturated heterocycles. The normalized spacial score (nSPS) is 10.9. The third kappa shape index (κ3) is 3.47. The number of aromatic nitrogens is 2. The van der Waals surface area contributed by atoms with E-state index >= 15 is 0 Å². The zero-order valence-corrected chi connectivity index (χ0v) is 10.9. The van der Waals surface area contributed by atoms with Gasteiger partial charge in [-0.15, -0.1) is 0 Å². The number of ether oxygens (including phenoxy) is 1. The molecule has 0 aliphatic rings. The van der Waals surface area contributed by atoms with Crippen molar-refractivity contribution in [2.75, 3.05) is 25.1 Å². The molecule has 0 aromatic carbocycles. The summed E-state index contributed by atoms with van der Waals surface area (Å²) >= 11 is 0. The Balaban J connectivity index is 1.72. The lowest BCUT2D eigenvalue weighted by Gasteiger charge is -2.09. The quantitative estimate of drug-likeness (QED) is 0.729. The summed E-state index contributed by atoms with van der Waals surface area (Å²) in [6.45, 7) is 4.81. The number of hydrogen-bond acceptors (Lipinski definition) is 3. The third-order valence-electron chi connectivity index (χ3n) is 2.84. The number of unbranched alkanes of at least 4 members (excludes halogenated alkanes) is 1. The minimum absolute atomic E-state index is 0.826. The van der Waals surface area contributed by atoms with Gasteiger partial charge in [0.1, 0.15) is 11.5 Å². The zero-order chi connectivity index (χ0) is 12.6. The lowest BCUT2D eigenvalue weighted by atomic mass is 10.3. The minimum atomic E-state index is 0.826. The van der Waals surface area contributed by atoms with E-state index in [1.165, 1.54) is 6.42 Å². The van der Waals surface area contributed by atoms with Gasteiger partial charge in [0.2, 0.25) is 0 Å². The number of pyridine rings is 1. The second-order valence-electron chi connectivity index (χ2n) is 4.31. The Hall–Kier alpha value is -1.55. The Labute approximate surface area is 108 Å². The summed E-state index contributed by atoms with van der Waals surface area (Å²) in [5.74, 6) is 1.08. The molecule has 1 N–H and O–H groups in total. The predicted molar refractivity (Wildman–Crippen MR) is 74.0 cm³/mol. The fourth-order valence-corrected chi connectivity index (χ4v) is 1.83. The van der Waals surface area contributed by atoms with Crippen molar-refractivity contribution >= 4 is 11.5 Å². The van der Waals surface area contributed by atoms with E-state index < -0.39 is 0 Å². The number of hydrogen-bond donors (Lipinski definition) is 1. The van der Waals surface area contributed by atoms with Crippen molar-refractivity contribution in [3.05, 3.63) is 30.6 Å². The molecular formula is C14H21N3O. The van der Waals surface area contributed by atoms with Gasteiger partial charge in [-0.1, -0.05) is 19.4 Å². The first kappa shape index (κ1) is 12.9. The summed E-state index contributed by atoms with van der Waals surface area (Å²) in [6.07, 6.45) is 7.15. The molecule has 2 aromatic heterocycles. The molecule has 0 spiro atoms. The van der Waals surface area contributed by atoms with Crippen LogP contribution in [0.4, 0.5) is 5.82 Å². The first-order valence-electron chi connectivity index (χ1n) is 6.65. The Morgan fingerprint density at radius 1 is 1.28 bits per heavy atom. The van der Waals surface area contributed by atoms with Gasteiger partial charge in [-0.2, -0.15) is 0 Å². The van der Waals surface area contributed by atoms with Crippen LogP contribution in [-0.2, 0) is 4.74 Å². The Kier molecular flexibility index (Phi) is 5.02. The van der Waals surface area contributed by atoms with Crippen LogP contribution in [0.1, 0.15) is 26.2 Å². The molecule has 0 bridgehead atoms. The molecular weight excluding hydrogens is 226 g/mol. The van der Waals surface area contributed by atoms with Gasteiger partial charge in [0.05, 0.1) is 0 Å². The van der Waals surface area contributed by atoms with E-state index in [9.17, 15) is 0 Å². The number of rotatable bonds is 8. The van der Waals surface area contributed by atoms with Crippen LogP contribution in [0.3, 0.4) is 0 Å². The number of anilines is 1. The molecule has 0 aliphatic carbocycles. The van der Waals surface area contributed by atoms with Crippen molar-refractivity contribution < 1.29 is 4.74 Å². The van der Waals surface area contributed by atoms with E-state index in [1.54, 1.807) is 0 Å². The molecule has 4 heteroatoms. The van der Waals surface area contributed by atoms with Crippen LogP contribution in [0.15, 0.2) is 30.6 Å². The van der Waals surface area contributed by atoms with Gasteiger partial charge >= 0.3 is 0 Å². The molecule has 0 fully saturated rings. The smallest absolute Gasteiger partial charge is 0.138 e.